The monoisotopic (exact) mass is 208 g/mol. The Balaban J connectivity index is 2.66. The standard InChI is InChI=1S/C10H12N2OS/c11-4-3-7-8-5-6(13)1-2-9(8)12-10(7)14/h1-2,5,12-14H,3-4,11H2. The van der Waals surface area contributed by atoms with Crippen molar-refractivity contribution < 1.29 is 5.11 Å². The highest BCUT2D eigenvalue weighted by Crippen LogP contribution is 2.27. The van der Waals surface area contributed by atoms with Gasteiger partial charge < -0.3 is 15.8 Å². The molecule has 74 valence electrons. The lowest BCUT2D eigenvalue weighted by atomic mass is 10.1. The molecule has 14 heavy (non-hydrogen) atoms. The summed E-state index contributed by atoms with van der Waals surface area (Å²) in [5.74, 6) is 0.267. The summed E-state index contributed by atoms with van der Waals surface area (Å²) < 4.78 is 0. The Morgan fingerprint density at radius 1 is 1.43 bits per heavy atom. The number of aromatic amines is 1. The molecular formula is C10H12N2OS. The van der Waals surface area contributed by atoms with Crippen molar-refractivity contribution in [3.8, 4) is 5.75 Å². The molecule has 1 aromatic heterocycles. The minimum absolute atomic E-state index is 0.267. The summed E-state index contributed by atoms with van der Waals surface area (Å²) >= 11 is 4.33. The largest absolute Gasteiger partial charge is 0.508 e. The van der Waals surface area contributed by atoms with Gasteiger partial charge in [0.25, 0.3) is 0 Å². The van der Waals surface area contributed by atoms with Crippen LogP contribution in [0, 0.1) is 0 Å². The second-order valence-corrected chi connectivity index (χ2v) is 3.67. The normalized spacial score (nSPS) is 11.0. The third-order valence-electron chi connectivity index (χ3n) is 2.26. The minimum atomic E-state index is 0.267. The Morgan fingerprint density at radius 3 is 2.93 bits per heavy atom. The number of nitrogens with one attached hydrogen (secondary N) is 1. The van der Waals surface area contributed by atoms with E-state index in [1.165, 1.54) is 0 Å². The van der Waals surface area contributed by atoms with E-state index in [1.54, 1.807) is 12.1 Å². The molecule has 0 spiro atoms. The number of phenolic OH excluding ortho intramolecular Hbond substituents is 1. The molecule has 0 saturated heterocycles. The average molecular weight is 208 g/mol. The van der Waals surface area contributed by atoms with E-state index in [0.717, 1.165) is 27.9 Å². The van der Waals surface area contributed by atoms with Gasteiger partial charge in [0.05, 0.1) is 5.03 Å². The lowest BCUT2D eigenvalue weighted by Gasteiger charge is -1.97. The molecule has 1 heterocycles. The van der Waals surface area contributed by atoms with E-state index in [1.807, 2.05) is 6.07 Å². The molecule has 0 unspecified atom stereocenters. The average Bonchev–Trinajstić information content (AvgIpc) is 2.45. The topological polar surface area (TPSA) is 62.0 Å². The number of hydrogen-bond acceptors (Lipinski definition) is 3. The number of H-pyrrole nitrogens is 1. The zero-order valence-corrected chi connectivity index (χ0v) is 8.51. The van der Waals surface area contributed by atoms with E-state index in [0.29, 0.717) is 6.54 Å². The molecule has 3 nitrogen and oxygen atoms in total. The van der Waals surface area contributed by atoms with Crippen molar-refractivity contribution in [3.05, 3.63) is 23.8 Å². The predicted octanol–water partition coefficient (Wildman–Crippen LogP) is 1.66. The maximum atomic E-state index is 9.36. The summed E-state index contributed by atoms with van der Waals surface area (Å²) in [5.41, 5.74) is 7.56. The van der Waals surface area contributed by atoms with Crippen molar-refractivity contribution in [2.24, 2.45) is 5.73 Å². The smallest absolute Gasteiger partial charge is 0.116 e. The van der Waals surface area contributed by atoms with Gasteiger partial charge in [0.1, 0.15) is 5.75 Å². The first-order valence-electron chi connectivity index (χ1n) is 4.45. The summed E-state index contributed by atoms with van der Waals surface area (Å²) in [4.78, 5) is 3.14. The Kier molecular flexibility index (Phi) is 2.39. The molecule has 0 aliphatic rings. The number of aromatic hydroxyl groups is 1. The van der Waals surface area contributed by atoms with E-state index in [9.17, 15) is 5.11 Å². The van der Waals surface area contributed by atoms with Gasteiger partial charge in [0.15, 0.2) is 0 Å². The van der Waals surface area contributed by atoms with Gasteiger partial charge in [0, 0.05) is 10.9 Å². The van der Waals surface area contributed by atoms with Crippen LogP contribution in [0.2, 0.25) is 0 Å². The van der Waals surface area contributed by atoms with Crippen LogP contribution in [0.3, 0.4) is 0 Å². The van der Waals surface area contributed by atoms with Gasteiger partial charge >= 0.3 is 0 Å². The molecule has 0 bridgehead atoms. The Morgan fingerprint density at radius 2 is 2.21 bits per heavy atom. The van der Waals surface area contributed by atoms with Crippen molar-refractivity contribution >= 4 is 23.5 Å². The molecule has 4 heteroatoms. The molecule has 1 aromatic carbocycles. The zero-order valence-electron chi connectivity index (χ0n) is 7.62. The van der Waals surface area contributed by atoms with Crippen molar-refractivity contribution in [3.63, 3.8) is 0 Å². The Labute approximate surface area is 87.3 Å². The number of fused-ring (bicyclic) bond motifs is 1. The number of nitrogens with two attached hydrogens (primary N) is 1. The lowest BCUT2D eigenvalue weighted by molar-refractivity contribution is 0.476. The fourth-order valence-corrected chi connectivity index (χ4v) is 1.97. The maximum Gasteiger partial charge on any atom is 0.116 e. The van der Waals surface area contributed by atoms with Gasteiger partial charge in [-0.25, -0.2) is 0 Å². The maximum absolute atomic E-state index is 9.36. The third kappa shape index (κ3) is 1.47. The number of phenols is 1. The number of benzene rings is 1. The molecule has 2 aromatic rings. The summed E-state index contributed by atoms with van der Waals surface area (Å²) in [6.45, 7) is 0.580. The van der Waals surface area contributed by atoms with Crippen LogP contribution < -0.4 is 5.73 Å². The van der Waals surface area contributed by atoms with Crippen LogP contribution in [-0.4, -0.2) is 16.6 Å². The van der Waals surface area contributed by atoms with Gasteiger partial charge in [-0.15, -0.1) is 12.6 Å². The van der Waals surface area contributed by atoms with Gasteiger partial charge in [-0.3, -0.25) is 0 Å². The molecule has 0 amide bonds. The van der Waals surface area contributed by atoms with Crippen LogP contribution in [0.1, 0.15) is 5.56 Å². The fraction of sp³-hybridized carbons (Fsp3) is 0.200. The minimum Gasteiger partial charge on any atom is -0.508 e. The first-order valence-corrected chi connectivity index (χ1v) is 4.89. The van der Waals surface area contributed by atoms with Crippen LogP contribution in [0.4, 0.5) is 0 Å². The molecule has 4 N–H and O–H groups in total. The Bertz CT molecular complexity index is 464. The molecule has 0 aliphatic carbocycles. The number of hydrogen-bond donors (Lipinski definition) is 4. The number of thiol groups is 1. The summed E-state index contributed by atoms with van der Waals surface area (Å²) in [5, 5.41) is 11.2. The zero-order chi connectivity index (χ0) is 10.1. The summed E-state index contributed by atoms with van der Waals surface area (Å²) in [7, 11) is 0. The first-order chi connectivity index (χ1) is 6.72. The van der Waals surface area contributed by atoms with Crippen LogP contribution in [0.25, 0.3) is 10.9 Å². The fourth-order valence-electron chi connectivity index (χ4n) is 1.62. The number of aromatic nitrogens is 1. The molecule has 0 radical (unpaired) electrons. The van der Waals surface area contributed by atoms with E-state index < -0.39 is 0 Å². The second kappa shape index (κ2) is 3.55. The van der Waals surface area contributed by atoms with Crippen LogP contribution in [0.5, 0.6) is 5.75 Å². The van der Waals surface area contributed by atoms with E-state index in [4.69, 9.17) is 5.73 Å². The molecule has 0 saturated carbocycles. The predicted molar refractivity (Wildman–Crippen MR) is 60.0 cm³/mol. The number of rotatable bonds is 2. The van der Waals surface area contributed by atoms with Gasteiger partial charge in [0.2, 0.25) is 0 Å². The third-order valence-corrected chi connectivity index (χ3v) is 2.64. The van der Waals surface area contributed by atoms with Crippen molar-refractivity contribution in [2.45, 2.75) is 11.4 Å². The summed E-state index contributed by atoms with van der Waals surface area (Å²) in [6, 6.07) is 5.22. The van der Waals surface area contributed by atoms with E-state index in [2.05, 4.69) is 17.6 Å². The Hall–Kier alpha value is -1.13. The highest BCUT2D eigenvalue weighted by atomic mass is 32.1. The lowest BCUT2D eigenvalue weighted by Crippen LogP contribution is -2.02. The van der Waals surface area contributed by atoms with Gasteiger partial charge in [-0.2, -0.15) is 0 Å². The quantitative estimate of drug-likeness (QED) is 0.567. The highest BCUT2D eigenvalue weighted by Gasteiger charge is 2.08. The molecule has 2 rings (SSSR count). The van der Waals surface area contributed by atoms with Gasteiger partial charge in [-0.05, 0) is 36.7 Å². The van der Waals surface area contributed by atoms with Crippen molar-refractivity contribution in [2.75, 3.05) is 6.54 Å². The van der Waals surface area contributed by atoms with Crippen LogP contribution in [-0.2, 0) is 6.42 Å². The van der Waals surface area contributed by atoms with E-state index >= 15 is 0 Å². The molecule has 0 aliphatic heterocycles. The molecular weight excluding hydrogens is 196 g/mol. The van der Waals surface area contributed by atoms with E-state index in [-0.39, 0.29) is 5.75 Å². The van der Waals surface area contributed by atoms with Crippen LogP contribution in [0.15, 0.2) is 23.2 Å². The summed E-state index contributed by atoms with van der Waals surface area (Å²) in [6.07, 6.45) is 0.766. The second-order valence-electron chi connectivity index (χ2n) is 3.22. The van der Waals surface area contributed by atoms with Crippen LogP contribution >= 0.6 is 12.6 Å². The van der Waals surface area contributed by atoms with Crippen molar-refractivity contribution in [1.82, 2.24) is 4.98 Å². The van der Waals surface area contributed by atoms with Gasteiger partial charge in [-0.1, -0.05) is 0 Å². The molecule has 0 fully saturated rings. The first kappa shape index (κ1) is 9.43. The molecule has 0 atom stereocenters. The highest BCUT2D eigenvalue weighted by molar-refractivity contribution is 7.80. The SMILES string of the molecule is NCCc1c(S)[nH]c2ccc(O)cc12. The van der Waals surface area contributed by atoms with Crippen molar-refractivity contribution in [1.29, 1.82) is 0 Å².